The normalized spacial score (nSPS) is 25.8. The molecule has 2 aromatic rings. The van der Waals surface area contributed by atoms with E-state index in [-0.39, 0.29) is 30.0 Å². The second-order valence-electron chi connectivity index (χ2n) is 8.96. The Bertz CT molecular complexity index is 996. The van der Waals surface area contributed by atoms with Crippen LogP contribution in [0.3, 0.4) is 0 Å². The van der Waals surface area contributed by atoms with Crippen molar-refractivity contribution in [1.82, 2.24) is 14.1 Å². The molecule has 0 bridgehead atoms. The maximum Gasteiger partial charge on any atom is 0.264 e. The van der Waals surface area contributed by atoms with E-state index < -0.39 is 0 Å². The predicted octanol–water partition coefficient (Wildman–Crippen LogP) is 4.40. The first-order valence-corrected chi connectivity index (χ1v) is 12.0. The number of rotatable bonds is 3. The maximum atomic E-state index is 13.2. The zero-order valence-corrected chi connectivity index (χ0v) is 19.3. The highest BCUT2D eigenvalue weighted by molar-refractivity contribution is 9.07. The summed E-state index contributed by atoms with van der Waals surface area (Å²) in [5.74, 6) is 0.395. The van der Waals surface area contributed by atoms with E-state index in [1.807, 2.05) is 49.4 Å². The molecule has 2 aromatic carbocycles. The summed E-state index contributed by atoms with van der Waals surface area (Å²) >= 11 is 3.50. The lowest BCUT2D eigenvalue weighted by Crippen LogP contribution is -2.57. The Kier molecular flexibility index (Phi) is 5.61. The monoisotopic (exact) mass is 481 g/mol. The van der Waals surface area contributed by atoms with Gasteiger partial charge in [-0.3, -0.25) is 13.5 Å². The van der Waals surface area contributed by atoms with Gasteiger partial charge in [0.25, 0.3) is 5.91 Å². The highest BCUT2D eigenvalue weighted by Gasteiger charge is 2.45. The maximum absolute atomic E-state index is 13.2. The van der Waals surface area contributed by atoms with Crippen LogP contribution in [0.4, 0.5) is 0 Å². The SMILES string of the molecule is C[C@H](c1ccccc1)N(Br)C(=O)c1ccc2c(c1)CCN1C(=O)[C@H]3CCCN[C@H]3C[C@H]21. The predicted molar refractivity (Wildman–Crippen MR) is 124 cm³/mol. The van der Waals surface area contributed by atoms with E-state index in [2.05, 4.69) is 32.4 Å². The van der Waals surface area contributed by atoms with E-state index in [9.17, 15) is 9.59 Å². The number of halogens is 1. The first kappa shape index (κ1) is 20.7. The smallest absolute Gasteiger partial charge is 0.264 e. The number of amides is 2. The molecular formula is C25H28BrN3O2. The van der Waals surface area contributed by atoms with E-state index in [0.717, 1.165) is 44.3 Å². The summed E-state index contributed by atoms with van der Waals surface area (Å²) in [5, 5.41) is 3.57. The van der Waals surface area contributed by atoms with E-state index in [0.29, 0.717) is 11.5 Å². The number of carbonyl (C=O) groups excluding carboxylic acids is 2. The molecule has 2 fully saturated rings. The molecule has 0 unspecified atom stereocenters. The molecule has 0 aromatic heterocycles. The molecule has 0 radical (unpaired) electrons. The van der Waals surface area contributed by atoms with Gasteiger partial charge in [0.05, 0.1) is 34.1 Å². The third-order valence-electron chi connectivity index (χ3n) is 7.22. The Morgan fingerprint density at radius 1 is 1.23 bits per heavy atom. The third-order valence-corrected chi connectivity index (χ3v) is 8.16. The molecule has 5 nitrogen and oxygen atoms in total. The van der Waals surface area contributed by atoms with Crippen LogP contribution in [0.1, 0.15) is 65.3 Å². The van der Waals surface area contributed by atoms with Crippen molar-refractivity contribution < 1.29 is 9.59 Å². The van der Waals surface area contributed by atoms with Gasteiger partial charge in [-0.25, -0.2) is 0 Å². The fourth-order valence-electron chi connectivity index (χ4n) is 5.47. The first-order valence-electron chi connectivity index (χ1n) is 11.3. The number of hydrogen-bond donors (Lipinski definition) is 1. The van der Waals surface area contributed by atoms with Gasteiger partial charge in [-0.05, 0) is 68.0 Å². The Hall–Kier alpha value is -2.18. The van der Waals surface area contributed by atoms with Crippen molar-refractivity contribution in [2.75, 3.05) is 13.1 Å². The number of fused-ring (bicyclic) bond motifs is 4. The van der Waals surface area contributed by atoms with Crippen molar-refractivity contribution in [3.05, 3.63) is 70.8 Å². The molecule has 3 heterocycles. The molecule has 2 saturated heterocycles. The Labute approximate surface area is 192 Å². The van der Waals surface area contributed by atoms with Gasteiger partial charge in [0, 0.05) is 18.2 Å². The van der Waals surface area contributed by atoms with Gasteiger partial charge in [0.1, 0.15) is 0 Å². The minimum atomic E-state index is -0.0782. The van der Waals surface area contributed by atoms with Crippen molar-refractivity contribution in [2.24, 2.45) is 5.92 Å². The van der Waals surface area contributed by atoms with Crippen LogP contribution >= 0.6 is 16.1 Å². The molecule has 0 saturated carbocycles. The molecule has 6 heteroatoms. The summed E-state index contributed by atoms with van der Waals surface area (Å²) in [6.45, 7) is 3.76. The summed E-state index contributed by atoms with van der Waals surface area (Å²) in [6.07, 6.45) is 3.85. The number of carbonyl (C=O) groups is 2. The number of hydrogen-bond acceptors (Lipinski definition) is 3. The highest BCUT2D eigenvalue weighted by atomic mass is 79.9. The summed E-state index contributed by atoms with van der Waals surface area (Å²) in [4.78, 5) is 28.4. The van der Waals surface area contributed by atoms with Crippen LogP contribution < -0.4 is 5.32 Å². The average Bonchev–Trinajstić information content (AvgIpc) is 2.83. The van der Waals surface area contributed by atoms with E-state index in [4.69, 9.17) is 0 Å². The second kappa shape index (κ2) is 8.40. The molecule has 2 amide bonds. The second-order valence-corrected chi connectivity index (χ2v) is 9.72. The van der Waals surface area contributed by atoms with Crippen molar-refractivity contribution in [3.63, 3.8) is 0 Å². The zero-order valence-electron chi connectivity index (χ0n) is 17.8. The molecule has 0 spiro atoms. The van der Waals surface area contributed by atoms with Gasteiger partial charge < -0.3 is 10.2 Å². The first-order chi connectivity index (χ1) is 15.0. The molecule has 1 N–H and O–H groups in total. The Morgan fingerprint density at radius 2 is 2.03 bits per heavy atom. The third kappa shape index (κ3) is 3.70. The van der Waals surface area contributed by atoms with Gasteiger partial charge in [-0.15, -0.1) is 0 Å². The molecular weight excluding hydrogens is 454 g/mol. The molecule has 162 valence electrons. The fourth-order valence-corrected chi connectivity index (χ4v) is 5.92. The van der Waals surface area contributed by atoms with Crippen LogP contribution in [-0.4, -0.2) is 39.8 Å². The van der Waals surface area contributed by atoms with Crippen LogP contribution in [0.15, 0.2) is 48.5 Å². The van der Waals surface area contributed by atoms with Gasteiger partial charge in [-0.1, -0.05) is 36.4 Å². The van der Waals surface area contributed by atoms with Crippen LogP contribution in [0.5, 0.6) is 0 Å². The fraction of sp³-hybridized carbons (Fsp3) is 0.440. The van der Waals surface area contributed by atoms with Gasteiger partial charge in [-0.2, -0.15) is 0 Å². The van der Waals surface area contributed by atoms with Crippen LogP contribution in [0.25, 0.3) is 0 Å². The molecule has 3 aliphatic rings. The van der Waals surface area contributed by atoms with Gasteiger partial charge in [0.2, 0.25) is 5.91 Å². The van der Waals surface area contributed by atoms with Crippen molar-refractivity contribution in [2.45, 2.75) is 50.7 Å². The van der Waals surface area contributed by atoms with E-state index >= 15 is 0 Å². The summed E-state index contributed by atoms with van der Waals surface area (Å²) in [5.41, 5.74) is 4.17. The van der Waals surface area contributed by atoms with Gasteiger partial charge >= 0.3 is 0 Å². The van der Waals surface area contributed by atoms with E-state index in [1.165, 1.54) is 11.1 Å². The number of piperidine rings is 2. The standard InChI is InChI=1S/C25H28BrN3O2/c1-16(17-6-3-2-4-7-17)29(26)24(30)19-9-10-20-18(14-19)11-13-28-23(20)15-22-21(25(28)31)8-5-12-27-22/h2-4,6-7,9-10,14,16,21-23,27H,5,8,11-13,15H2,1H3/t16-,21+,22+,23-/m1/s1. The molecule has 4 atom stereocenters. The number of nitrogens with one attached hydrogen (secondary N) is 1. The van der Waals surface area contributed by atoms with Crippen molar-refractivity contribution >= 4 is 28.0 Å². The summed E-state index contributed by atoms with van der Waals surface area (Å²) in [6, 6.07) is 16.3. The Morgan fingerprint density at radius 3 is 2.84 bits per heavy atom. The highest BCUT2D eigenvalue weighted by Crippen LogP contribution is 2.41. The number of benzene rings is 2. The molecule has 5 rings (SSSR count). The van der Waals surface area contributed by atoms with E-state index in [1.54, 1.807) is 3.93 Å². The Balaban J connectivity index is 1.38. The minimum Gasteiger partial charge on any atom is -0.335 e. The average molecular weight is 482 g/mol. The molecule has 31 heavy (non-hydrogen) atoms. The quantitative estimate of drug-likeness (QED) is 0.661. The van der Waals surface area contributed by atoms with Gasteiger partial charge in [0.15, 0.2) is 0 Å². The lowest BCUT2D eigenvalue weighted by Gasteiger charge is -2.48. The molecule has 0 aliphatic carbocycles. The summed E-state index contributed by atoms with van der Waals surface area (Å²) < 4.78 is 1.62. The largest absolute Gasteiger partial charge is 0.335 e. The molecule has 3 aliphatic heterocycles. The van der Waals surface area contributed by atoms with Crippen LogP contribution in [-0.2, 0) is 11.2 Å². The summed E-state index contributed by atoms with van der Waals surface area (Å²) in [7, 11) is 0. The van der Waals surface area contributed by atoms with Crippen LogP contribution in [0.2, 0.25) is 0 Å². The topological polar surface area (TPSA) is 52.7 Å². The number of nitrogens with zero attached hydrogens (tertiary/aromatic N) is 2. The van der Waals surface area contributed by atoms with Crippen LogP contribution in [0, 0.1) is 5.92 Å². The zero-order chi connectivity index (χ0) is 21.5. The minimum absolute atomic E-state index is 0.0460. The van der Waals surface area contributed by atoms with Crippen molar-refractivity contribution in [1.29, 1.82) is 0 Å². The van der Waals surface area contributed by atoms with Crippen molar-refractivity contribution in [3.8, 4) is 0 Å². The lowest BCUT2D eigenvalue weighted by atomic mass is 9.77. The lowest BCUT2D eigenvalue weighted by molar-refractivity contribution is -0.145.